The van der Waals surface area contributed by atoms with Gasteiger partial charge in [-0.05, 0) is 38.0 Å². The highest BCUT2D eigenvalue weighted by atomic mass is 32.2. The van der Waals surface area contributed by atoms with Crippen molar-refractivity contribution in [3.05, 3.63) is 5.82 Å². The number of hydrogen-bond acceptors (Lipinski definition) is 4. The van der Waals surface area contributed by atoms with Crippen LogP contribution in [0.4, 0.5) is 0 Å². The molecule has 1 aromatic rings. The van der Waals surface area contributed by atoms with Gasteiger partial charge in [-0.15, -0.1) is 10.2 Å². The maximum absolute atomic E-state index is 12.1. The lowest BCUT2D eigenvalue weighted by Gasteiger charge is -2.22. The van der Waals surface area contributed by atoms with Gasteiger partial charge >= 0.3 is 0 Å². The number of nitrogens with one attached hydrogen (secondary N) is 1. The van der Waals surface area contributed by atoms with E-state index in [1.807, 2.05) is 0 Å². The molecule has 2 aliphatic carbocycles. The fraction of sp³-hybridized carbons (Fsp3) is 0.800. The van der Waals surface area contributed by atoms with Crippen LogP contribution >= 0.6 is 11.8 Å². The Morgan fingerprint density at radius 3 is 2.81 bits per heavy atom. The zero-order chi connectivity index (χ0) is 14.8. The summed E-state index contributed by atoms with van der Waals surface area (Å²) in [7, 11) is 0. The molecule has 0 aliphatic heterocycles. The summed E-state index contributed by atoms with van der Waals surface area (Å²) >= 11 is 1.50. The monoisotopic (exact) mass is 308 g/mol. The number of carbonyl (C=O) groups is 1. The smallest absolute Gasteiger partial charge is 0.230 e. The van der Waals surface area contributed by atoms with Crippen LogP contribution in [0.3, 0.4) is 0 Å². The molecule has 3 atom stereocenters. The second-order valence-electron chi connectivity index (χ2n) is 6.13. The summed E-state index contributed by atoms with van der Waals surface area (Å²) in [6, 6.07) is 0.423. The Labute approximate surface area is 130 Å². The first-order valence-corrected chi connectivity index (χ1v) is 9.04. The van der Waals surface area contributed by atoms with Gasteiger partial charge in [0.2, 0.25) is 5.91 Å². The van der Waals surface area contributed by atoms with Crippen molar-refractivity contribution in [3.63, 3.8) is 0 Å². The van der Waals surface area contributed by atoms with Gasteiger partial charge < -0.3 is 9.88 Å². The van der Waals surface area contributed by atoms with E-state index in [1.54, 1.807) is 0 Å². The molecule has 2 fully saturated rings. The first-order valence-electron chi connectivity index (χ1n) is 8.05. The lowest BCUT2D eigenvalue weighted by Crippen LogP contribution is -2.39. The molecule has 21 heavy (non-hydrogen) atoms. The molecule has 1 aromatic heterocycles. The minimum Gasteiger partial charge on any atom is -0.352 e. The number of aryl methyl sites for hydroxylation is 1. The van der Waals surface area contributed by atoms with Crippen molar-refractivity contribution in [3.8, 4) is 0 Å². The standard InChI is InChI=1S/C15H24N4OS/c1-3-13-17-18-15(19(13)4-2)21-9-14(20)16-12-8-10-5-6-11(12)7-10/h10-12H,3-9H2,1-2H3,(H,16,20)/t10-,11-,12-/m0/s1. The van der Waals surface area contributed by atoms with Gasteiger partial charge in [0.1, 0.15) is 5.82 Å². The van der Waals surface area contributed by atoms with Crippen LogP contribution in [0.5, 0.6) is 0 Å². The quantitative estimate of drug-likeness (QED) is 0.819. The molecule has 6 heteroatoms. The van der Waals surface area contributed by atoms with Gasteiger partial charge in [0.05, 0.1) is 5.75 Å². The predicted octanol–water partition coefficient (Wildman–Crippen LogP) is 2.26. The van der Waals surface area contributed by atoms with E-state index in [2.05, 4.69) is 33.9 Å². The summed E-state index contributed by atoms with van der Waals surface area (Å²) in [5, 5.41) is 12.5. The van der Waals surface area contributed by atoms with Gasteiger partial charge in [-0.2, -0.15) is 0 Å². The summed E-state index contributed by atoms with van der Waals surface area (Å²) in [5.41, 5.74) is 0. The molecule has 1 N–H and O–H groups in total. The molecule has 1 heterocycles. The second kappa shape index (κ2) is 6.38. The number of hydrogen-bond donors (Lipinski definition) is 1. The summed E-state index contributed by atoms with van der Waals surface area (Å²) in [6.45, 7) is 5.01. The first-order chi connectivity index (χ1) is 10.2. The van der Waals surface area contributed by atoms with E-state index in [-0.39, 0.29) is 5.91 Å². The fourth-order valence-electron chi connectivity index (χ4n) is 3.81. The van der Waals surface area contributed by atoms with Gasteiger partial charge in [0.25, 0.3) is 0 Å². The topological polar surface area (TPSA) is 59.8 Å². The minimum atomic E-state index is 0.140. The predicted molar refractivity (Wildman–Crippen MR) is 83.2 cm³/mol. The Kier molecular flexibility index (Phi) is 4.52. The summed E-state index contributed by atoms with van der Waals surface area (Å²) < 4.78 is 2.09. The first kappa shape index (κ1) is 14.9. The van der Waals surface area contributed by atoms with Crippen LogP contribution in [0, 0.1) is 11.8 Å². The molecule has 3 rings (SSSR count). The molecule has 1 amide bonds. The molecule has 0 spiro atoms. The van der Waals surface area contributed by atoms with Crippen molar-refractivity contribution in [1.29, 1.82) is 0 Å². The number of aromatic nitrogens is 3. The number of nitrogens with zero attached hydrogens (tertiary/aromatic N) is 3. The summed E-state index contributed by atoms with van der Waals surface area (Å²) in [6.07, 6.45) is 6.05. The normalized spacial score (nSPS) is 27.2. The van der Waals surface area contributed by atoms with Gasteiger partial charge in [-0.1, -0.05) is 25.1 Å². The highest BCUT2D eigenvalue weighted by Crippen LogP contribution is 2.44. The third kappa shape index (κ3) is 3.10. The molecule has 5 nitrogen and oxygen atoms in total. The molecule has 2 saturated carbocycles. The highest BCUT2D eigenvalue weighted by molar-refractivity contribution is 7.99. The van der Waals surface area contributed by atoms with Crippen LogP contribution < -0.4 is 5.32 Å². The number of thioether (sulfide) groups is 1. The molecule has 116 valence electrons. The zero-order valence-electron chi connectivity index (χ0n) is 12.8. The maximum atomic E-state index is 12.1. The van der Waals surface area contributed by atoms with E-state index in [1.165, 1.54) is 37.4 Å². The molecule has 2 bridgehead atoms. The number of rotatable bonds is 6. The van der Waals surface area contributed by atoms with E-state index in [0.717, 1.165) is 35.8 Å². The van der Waals surface area contributed by atoms with Gasteiger partial charge in [-0.25, -0.2) is 0 Å². The Morgan fingerprint density at radius 2 is 2.19 bits per heavy atom. The van der Waals surface area contributed by atoms with Crippen molar-refractivity contribution in [2.75, 3.05) is 5.75 Å². The average molecular weight is 308 g/mol. The van der Waals surface area contributed by atoms with Gasteiger partial charge in [0.15, 0.2) is 5.16 Å². The van der Waals surface area contributed by atoms with Crippen molar-refractivity contribution >= 4 is 17.7 Å². The van der Waals surface area contributed by atoms with Crippen molar-refractivity contribution in [2.24, 2.45) is 11.8 Å². The van der Waals surface area contributed by atoms with E-state index in [4.69, 9.17) is 0 Å². The average Bonchev–Trinajstić information content (AvgIpc) is 3.19. The van der Waals surface area contributed by atoms with E-state index in [0.29, 0.717) is 11.8 Å². The lowest BCUT2D eigenvalue weighted by atomic mass is 9.95. The second-order valence-corrected chi connectivity index (χ2v) is 7.08. The van der Waals surface area contributed by atoms with Crippen LogP contribution in [0.1, 0.15) is 45.4 Å². The van der Waals surface area contributed by atoms with Gasteiger partial charge in [-0.3, -0.25) is 4.79 Å². The Hall–Kier alpha value is -1.04. The van der Waals surface area contributed by atoms with E-state index >= 15 is 0 Å². The molecular formula is C15H24N4OS. The molecule has 2 aliphatic rings. The summed E-state index contributed by atoms with van der Waals surface area (Å²) in [4.78, 5) is 12.1. The van der Waals surface area contributed by atoms with Crippen molar-refractivity contribution in [1.82, 2.24) is 20.1 Å². The highest BCUT2D eigenvalue weighted by Gasteiger charge is 2.39. The maximum Gasteiger partial charge on any atom is 0.230 e. The zero-order valence-corrected chi connectivity index (χ0v) is 13.7. The van der Waals surface area contributed by atoms with Crippen LogP contribution in [-0.4, -0.2) is 32.5 Å². The third-order valence-electron chi connectivity index (χ3n) is 4.84. The van der Waals surface area contributed by atoms with E-state index in [9.17, 15) is 4.79 Å². The molecule has 0 radical (unpaired) electrons. The third-order valence-corrected chi connectivity index (χ3v) is 5.81. The van der Waals surface area contributed by atoms with Crippen LogP contribution in [0.2, 0.25) is 0 Å². The minimum absolute atomic E-state index is 0.140. The van der Waals surface area contributed by atoms with Crippen LogP contribution in [0.15, 0.2) is 5.16 Å². The molecular weight excluding hydrogens is 284 g/mol. The Balaban J connectivity index is 1.51. The Bertz CT molecular complexity index is 516. The summed E-state index contributed by atoms with van der Waals surface area (Å²) in [5.74, 6) is 3.17. The molecule has 0 aromatic carbocycles. The largest absolute Gasteiger partial charge is 0.352 e. The Morgan fingerprint density at radius 1 is 1.33 bits per heavy atom. The van der Waals surface area contributed by atoms with Crippen molar-refractivity contribution in [2.45, 2.75) is 63.7 Å². The lowest BCUT2D eigenvalue weighted by molar-refractivity contribution is -0.119. The SMILES string of the molecule is CCc1nnc(SCC(=O)N[C@H]2C[C@H]3CC[C@H]2C3)n1CC. The van der Waals surface area contributed by atoms with Gasteiger partial charge in [0, 0.05) is 19.0 Å². The number of amides is 1. The van der Waals surface area contributed by atoms with Crippen LogP contribution in [-0.2, 0) is 17.8 Å². The van der Waals surface area contributed by atoms with Crippen molar-refractivity contribution < 1.29 is 4.79 Å². The fourth-order valence-corrected chi connectivity index (χ4v) is 4.64. The number of carbonyl (C=O) groups excluding carboxylic acids is 1. The number of fused-ring (bicyclic) bond motifs is 2. The van der Waals surface area contributed by atoms with E-state index < -0.39 is 0 Å². The molecule has 0 unspecified atom stereocenters. The van der Waals surface area contributed by atoms with Crippen LogP contribution in [0.25, 0.3) is 0 Å². The molecule has 0 saturated heterocycles.